The fourth-order valence-electron chi connectivity index (χ4n) is 1.94. The summed E-state index contributed by atoms with van der Waals surface area (Å²) in [4.78, 5) is 14.3. The molecular formula is C12H12ClNO. The van der Waals surface area contributed by atoms with E-state index in [1.807, 2.05) is 19.9 Å². The van der Waals surface area contributed by atoms with Gasteiger partial charge in [0.25, 0.3) is 0 Å². The molecule has 1 aliphatic rings. The van der Waals surface area contributed by atoms with Crippen LogP contribution in [0.2, 0.25) is 5.02 Å². The molecular weight excluding hydrogens is 210 g/mol. The summed E-state index contributed by atoms with van der Waals surface area (Å²) < 4.78 is 0. The van der Waals surface area contributed by atoms with Crippen molar-refractivity contribution in [3.8, 4) is 0 Å². The van der Waals surface area contributed by atoms with Crippen LogP contribution in [0.4, 0.5) is 0 Å². The van der Waals surface area contributed by atoms with Crippen molar-refractivity contribution in [2.75, 3.05) is 0 Å². The Labute approximate surface area is 94.0 Å². The third-order valence-corrected chi connectivity index (χ3v) is 3.37. The molecule has 0 atom stereocenters. The second kappa shape index (κ2) is 3.48. The molecule has 2 rings (SSSR count). The Bertz CT molecular complexity index is 457. The van der Waals surface area contributed by atoms with Gasteiger partial charge < -0.3 is 0 Å². The van der Waals surface area contributed by atoms with E-state index in [2.05, 4.69) is 11.1 Å². The standard InChI is InChI=1S/C12H12ClNO/c1-8-5-10(9(2)11(13)6-8)12(3-4-12)14-7-15/h5-6H,3-4H2,1-2H3. The summed E-state index contributed by atoms with van der Waals surface area (Å²) in [6, 6.07) is 4.00. The van der Waals surface area contributed by atoms with Crippen LogP contribution in [-0.2, 0) is 10.3 Å². The number of aryl methyl sites for hydroxylation is 1. The predicted molar refractivity (Wildman–Crippen MR) is 60.0 cm³/mol. The van der Waals surface area contributed by atoms with Crippen molar-refractivity contribution in [3.05, 3.63) is 33.8 Å². The lowest BCUT2D eigenvalue weighted by molar-refractivity contribution is 0.556. The zero-order valence-electron chi connectivity index (χ0n) is 8.80. The number of hydrogen-bond acceptors (Lipinski definition) is 2. The van der Waals surface area contributed by atoms with Gasteiger partial charge in [-0.3, -0.25) is 0 Å². The summed E-state index contributed by atoms with van der Waals surface area (Å²) in [6.07, 6.45) is 3.51. The minimum absolute atomic E-state index is 0.318. The molecule has 0 aromatic heterocycles. The van der Waals surface area contributed by atoms with E-state index in [0.29, 0.717) is 0 Å². The quantitative estimate of drug-likeness (QED) is 0.557. The molecule has 1 saturated carbocycles. The first kappa shape index (κ1) is 10.4. The summed E-state index contributed by atoms with van der Waals surface area (Å²) in [5.41, 5.74) is 2.89. The lowest BCUT2D eigenvalue weighted by Crippen LogP contribution is -2.05. The number of nitrogens with zero attached hydrogens (tertiary/aromatic N) is 1. The van der Waals surface area contributed by atoms with E-state index in [-0.39, 0.29) is 5.54 Å². The highest BCUT2D eigenvalue weighted by Gasteiger charge is 2.46. The zero-order chi connectivity index (χ0) is 11.1. The first-order valence-corrected chi connectivity index (χ1v) is 5.33. The topological polar surface area (TPSA) is 29.4 Å². The number of aliphatic imine (C=N–C) groups is 1. The highest BCUT2D eigenvalue weighted by Crippen LogP contribution is 2.51. The summed E-state index contributed by atoms with van der Waals surface area (Å²) in [5.74, 6) is 0. The van der Waals surface area contributed by atoms with Crippen LogP contribution in [0, 0.1) is 13.8 Å². The summed E-state index contributed by atoms with van der Waals surface area (Å²) in [5, 5.41) is 0.748. The molecule has 1 fully saturated rings. The normalized spacial score (nSPS) is 17.0. The molecule has 3 heteroatoms. The molecule has 0 N–H and O–H groups in total. The van der Waals surface area contributed by atoms with E-state index in [4.69, 9.17) is 11.6 Å². The largest absolute Gasteiger partial charge is 0.235 e. The third kappa shape index (κ3) is 1.71. The average molecular weight is 222 g/mol. The second-order valence-electron chi connectivity index (χ2n) is 4.15. The SMILES string of the molecule is Cc1cc(Cl)c(C)c(C2(N=C=O)CC2)c1. The number of halogens is 1. The highest BCUT2D eigenvalue weighted by molar-refractivity contribution is 6.31. The van der Waals surface area contributed by atoms with Crippen molar-refractivity contribution in [3.63, 3.8) is 0 Å². The number of carbonyl (C=O) groups excluding carboxylic acids is 1. The van der Waals surface area contributed by atoms with E-state index in [9.17, 15) is 4.79 Å². The molecule has 0 aliphatic heterocycles. The summed E-state index contributed by atoms with van der Waals surface area (Å²) in [6.45, 7) is 3.97. The maximum Gasteiger partial charge on any atom is 0.235 e. The molecule has 0 unspecified atom stereocenters. The van der Waals surface area contributed by atoms with Crippen molar-refractivity contribution >= 4 is 17.7 Å². The molecule has 0 spiro atoms. The Morgan fingerprint density at radius 3 is 2.60 bits per heavy atom. The van der Waals surface area contributed by atoms with Crippen LogP contribution in [0.25, 0.3) is 0 Å². The van der Waals surface area contributed by atoms with Crippen LogP contribution in [0.5, 0.6) is 0 Å². The fourth-order valence-corrected chi connectivity index (χ4v) is 2.22. The maximum atomic E-state index is 10.4. The van der Waals surface area contributed by atoms with Crippen LogP contribution in [0.15, 0.2) is 17.1 Å². The monoisotopic (exact) mass is 221 g/mol. The van der Waals surface area contributed by atoms with E-state index in [0.717, 1.165) is 34.6 Å². The first-order valence-electron chi connectivity index (χ1n) is 4.95. The molecule has 0 bridgehead atoms. The van der Waals surface area contributed by atoms with Gasteiger partial charge in [-0.15, -0.1) is 0 Å². The number of isocyanates is 1. The van der Waals surface area contributed by atoms with E-state index < -0.39 is 0 Å². The van der Waals surface area contributed by atoms with Crippen LogP contribution in [-0.4, -0.2) is 6.08 Å². The Morgan fingerprint density at radius 2 is 2.07 bits per heavy atom. The van der Waals surface area contributed by atoms with Crippen molar-refractivity contribution in [2.24, 2.45) is 4.99 Å². The molecule has 2 nitrogen and oxygen atoms in total. The second-order valence-corrected chi connectivity index (χ2v) is 4.56. The summed E-state index contributed by atoms with van der Waals surface area (Å²) in [7, 11) is 0. The molecule has 1 aromatic carbocycles. The lowest BCUT2D eigenvalue weighted by atomic mass is 9.97. The average Bonchev–Trinajstić information content (AvgIpc) is 2.93. The van der Waals surface area contributed by atoms with Gasteiger partial charge in [-0.25, -0.2) is 4.79 Å². The summed E-state index contributed by atoms with van der Waals surface area (Å²) >= 11 is 6.11. The minimum atomic E-state index is -0.318. The van der Waals surface area contributed by atoms with Gasteiger partial charge in [-0.05, 0) is 49.4 Å². The van der Waals surface area contributed by atoms with Crippen LogP contribution < -0.4 is 0 Å². The molecule has 78 valence electrons. The molecule has 1 aliphatic carbocycles. The fraction of sp³-hybridized carbons (Fsp3) is 0.417. The van der Waals surface area contributed by atoms with Crippen molar-refractivity contribution in [2.45, 2.75) is 32.2 Å². The smallest absolute Gasteiger partial charge is 0.211 e. The molecule has 0 heterocycles. The Morgan fingerprint density at radius 1 is 1.40 bits per heavy atom. The van der Waals surface area contributed by atoms with Gasteiger partial charge in [-0.1, -0.05) is 17.7 Å². The predicted octanol–water partition coefficient (Wildman–Crippen LogP) is 3.28. The lowest BCUT2D eigenvalue weighted by Gasteiger charge is -2.14. The van der Waals surface area contributed by atoms with Gasteiger partial charge in [0.2, 0.25) is 6.08 Å². The number of rotatable bonds is 2. The number of hydrogen-bond donors (Lipinski definition) is 0. The minimum Gasteiger partial charge on any atom is -0.211 e. The van der Waals surface area contributed by atoms with Crippen molar-refractivity contribution in [1.82, 2.24) is 0 Å². The highest BCUT2D eigenvalue weighted by atomic mass is 35.5. The molecule has 0 radical (unpaired) electrons. The van der Waals surface area contributed by atoms with E-state index >= 15 is 0 Å². The van der Waals surface area contributed by atoms with E-state index in [1.54, 1.807) is 6.08 Å². The van der Waals surface area contributed by atoms with Crippen LogP contribution in [0.3, 0.4) is 0 Å². The zero-order valence-corrected chi connectivity index (χ0v) is 9.56. The van der Waals surface area contributed by atoms with Gasteiger partial charge in [-0.2, -0.15) is 4.99 Å². The van der Waals surface area contributed by atoms with Gasteiger partial charge in [0.1, 0.15) is 0 Å². The Balaban J connectivity index is 2.57. The maximum absolute atomic E-state index is 10.4. The van der Waals surface area contributed by atoms with Gasteiger partial charge in [0, 0.05) is 5.02 Å². The van der Waals surface area contributed by atoms with Gasteiger partial charge in [0.05, 0.1) is 5.54 Å². The van der Waals surface area contributed by atoms with Crippen molar-refractivity contribution in [1.29, 1.82) is 0 Å². The van der Waals surface area contributed by atoms with Gasteiger partial charge in [0.15, 0.2) is 0 Å². The van der Waals surface area contributed by atoms with E-state index in [1.165, 1.54) is 0 Å². The Kier molecular flexibility index (Phi) is 2.41. The van der Waals surface area contributed by atoms with Crippen molar-refractivity contribution < 1.29 is 4.79 Å². The van der Waals surface area contributed by atoms with Gasteiger partial charge >= 0.3 is 0 Å². The van der Waals surface area contributed by atoms with Crippen LogP contribution >= 0.6 is 11.6 Å². The first-order chi connectivity index (χ1) is 7.09. The molecule has 0 saturated heterocycles. The molecule has 0 amide bonds. The Hall–Kier alpha value is -1.11. The molecule has 15 heavy (non-hydrogen) atoms. The van der Waals surface area contributed by atoms with Crippen LogP contribution in [0.1, 0.15) is 29.5 Å². The molecule has 1 aromatic rings. The third-order valence-electron chi connectivity index (χ3n) is 2.97. The number of benzene rings is 1.